The van der Waals surface area contributed by atoms with Crippen LogP contribution in [0.15, 0.2) is 35.3 Å². The highest BCUT2D eigenvalue weighted by Gasteiger charge is 2.28. The van der Waals surface area contributed by atoms with Gasteiger partial charge >= 0.3 is 0 Å². The largest absolute Gasteiger partial charge is 0.358 e. The van der Waals surface area contributed by atoms with Crippen LogP contribution in [-0.4, -0.2) is 46.8 Å². The Balaban J connectivity index is 1.47. The summed E-state index contributed by atoms with van der Waals surface area (Å²) < 4.78 is 33.3. The van der Waals surface area contributed by atoms with E-state index in [2.05, 4.69) is 5.10 Å². The summed E-state index contributed by atoms with van der Waals surface area (Å²) in [5, 5.41) is 4.22. The number of benzene rings is 1. The highest BCUT2D eigenvalue weighted by Crippen LogP contribution is 2.27. The number of anilines is 1. The lowest BCUT2D eigenvalue weighted by Crippen LogP contribution is -2.50. The number of hydrogen-bond donors (Lipinski definition) is 0. The van der Waals surface area contributed by atoms with Gasteiger partial charge in [-0.15, -0.1) is 0 Å². The molecule has 10 heteroatoms. The van der Waals surface area contributed by atoms with Gasteiger partial charge in [-0.25, -0.2) is 8.78 Å². The monoisotopic (exact) mass is 452 g/mol. The molecular weight excluding hydrogens is 430 g/mol. The molecule has 1 aromatic heterocycles. The summed E-state index contributed by atoms with van der Waals surface area (Å²) in [5.74, 6) is -0.230. The molecule has 7 nitrogen and oxygen atoms in total. The quantitative estimate of drug-likeness (QED) is 0.695. The third-order valence-electron chi connectivity index (χ3n) is 5.66. The summed E-state index contributed by atoms with van der Waals surface area (Å²) in [5.41, 5.74) is 0.291. The van der Waals surface area contributed by atoms with Gasteiger partial charge in [0.1, 0.15) is 5.02 Å². The summed E-state index contributed by atoms with van der Waals surface area (Å²) in [6.45, 7) is 1.40. The number of hydrogen-bond acceptors (Lipinski definition) is 5. The molecule has 2 saturated heterocycles. The smallest absolute Gasteiger partial charge is 0.290 e. The summed E-state index contributed by atoms with van der Waals surface area (Å²) in [4.78, 5) is 28.7. The number of halogens is 3. The van der Waals surface area contributed by atoms with Crippen LogP contribution in [0, 0.1) is 0 Å². The fourth-order valence-electron chi connectivity index (χ4n) is 3.96. The second kappa shape index (κ2) is 9.32. The molecule has 0 spiro atoms. The van der Waals surface area contributed by atoms with Crippen molar-refractivity contribution in [2.75, 3.05) is 31.1 Å². The molecule has 0 radical (unpaired) electrons. The molecule has 0 saturated carbocycles. The molecule has 0 N–H and O–H groups in total. The van der Waals surface area contributed by atoms with Crippen molar-refractivity contribution >= 4 is 23.2 Å². The lowest BCUT2D eigenvalue weighted by atomic mass is 10.1. The second-order valence-electron chi connectivity index (χ2n) is 7.65. The molecule has 2 aliphatic rings. The van der Waals surface area contributed by atoms with Gasteiger partial charge < -0.3 is 14.5 Å². The number of alkyl halides is 2. The van der Waals surface area contributed by atoms with E-state index in [1.54, 1.807) is 23.1 Å². The minimum atomic E-state index is -2.60. The van der Waals surface area contributed by atoms with Crippen molar-refractivity contribution in [3.63, 3.8) is 0 Å². The lowest BCUT2D eigenvalue weighted by Gasteiger charge is -2.36. The standard InChI is InChI=1S/C21H23ClF2N4O3/c22-19-16(11-25-28(21(19)30)18-7-3-4-10-31-18)26-8-9-27(17(29)13-26)12-14-5-1-2-6-15(14)20(23)24/h1-2,5-6,11,18,20H,3-4,7-10,12-13H2. The van der Waals surface area contributed by atoms with Crippen LogP contribution in [0.5, 0.6) is 0 Å². The van der Waals surface area contributed by atoms with Crippen LogP contribution in [0.4, 0.5) is 14.5 Å². The zero-order chi connectivity index (χ0) is 22.0. The molecule has 2 aliphatic heterocycles. The molecule has 0 bridgehead atoms. The number of nitrogens with zero attached hydrogens (tertiary/aromatic N) is 4. The van der Waals surface area contributed by atoms with Crippen LogP contribution in [0.1, 0.15) is 43.0 Å². The van der Waals surface area contributed by atoms with E-state index in [-0.39, 0.29) is 29.6 Å². The van der Waals surface area contributed by atoms with E-state index in [4.69, 9.17) is 16.3 Å². The average molecular weight is 453 g/mol. The molecule has 3 heterocycles. The fraction of sp³-hybridized carbons (Fsp3) is 0.476. The lowest BCUT2D eigenvalue weighted by molar-refractivity contribution is -0.131. The van der Waals surface area contributed by atoms with Crippen molar-refractivity contribution in [1.82, 2.24) is 14.7 Å². The number of rotatable bonds is 5. The van der Waals surface area contributed by atoms with E-state index in [0.29, 0.717) is 37.4 Å². The topological polar surface area (TPSA) is 67.7 Å². The summed E-state index contributed by atoms with van der Waals surface area (Å²) in [7, 11) is 0. The molecule has 4 rings (SSSR count). The van der Waals surface area contributed by atoms with E-state index in [9.17, 15) is 18.4 Å². The van der Waals surface area contributed by atoms with E-state index in [1.165, 1.54) is 21.8 Å². The van der Waals surface area contributed by atoms with Crippen LogP contribution in [0.3, 0.4) is 0 Å². The molecule has 1 atom stereocenters. The Morgan fingerprint density at radius 3 is 2.71 bits per heavy atom. The zero-order valence-electron chi connectivity index (χ0n) is 16.8. The van der Waals surface area contributed by atoms with Gasteiger partial charge in [0.2, 0.25) is 5.91 Å². The Labute approximate surface area is 183 Å². The Hall–Kier alpha value is -2.52. The van der Waals surface area contributed by atoms with Gasteiger partial charge in [0.15, 0.2) is 6.23 Å². The average Bonchev–Trinajstić information content (AvgIpc) is 2.78. The van der Waals surface area contributed by atoms with Crippen molar-refractivity contribution in [1.29, 1.82) is 0 Å². The Kier molecular flexibility index (Phi) is 6.52. The predicted molar refractivity (Wildman–Crippen MR) is 111 cm³/mol. The van der Waals surface area contributed by atoms with E-state index >= 15 is 0 Å². The number of carbonyl (C=O) groups excluding carboxylic acids is 1. The van der Waals surface area contributed by atoms with Gasteiger partial charge in [0, 0.05) is 31.8 Å². The third kappa shape index (κ3) is 4.57. The SMILES string of the molecule is O=C1CN(c2cnn(C3CCCCO3)c(=O)c2Cl)CCN1Cc1ccccc1C(F)F. The zero-order valence-corrected chi connectivity index (χ0v) is 17.6. The number of ether oxygens (including phenoxy) is 1. The van der Waals surface area contributed by atoms with Crippen LogP contribution < -0.4 is 10.5 Å². The molecule has 2 aromatic rings. The van der Waals surface area contributed by atoms with Crippen LogP contribution >= 0.6 is 11.6 Å². The summed E-state index contributed by atoms with van der Waals surface area (Å²) in [6, 6.07) is 6.21. The van der Waals surface area contributed by atoms with Gasteiger partial charge in [0.05, 0.1) is 18.4 Å². The molecule has 0 aliphatic carbocycles. The van der Waals surface area contributed by atoms with Crippen molar-refractivity contribution in [3.05, 3.63) is 57.0 Å². The Bertz CT molecular complexity index is 1010. The normalized spacial score (nSPS) is 19.9. The number of piperazine rings is 1. The first kappa shape index (κ1) is 21.7. The first-order valence-corrected chi connectivity index (χ1v) is 10.6. The van der Waals surface area contributed by atoms with Gasteiger partial charge in [-0.2, -0.15) is 9.78 Å². The van der Waals surface area contributed by atoms with Crippen molar-refractivity contribution < 1.29 is 18.3 Å². The number of amides is 1. The molecule has 31 heavy (non-hydrogen) atoms. The number of carbonyl (C=O) groups is 1. The third-order valence-corrected chi connectivity index (χ3v) is 6.02. The van der Waals surface area contributed by atoms with Crippen molar-refractivity contribution in [3.8, 4) is 0 Å². The molecule has 1 amide bonds. The van der Waals surface area contributed by atoms with Gasteiger partial charge in [-0.1, -0.05) is 35.9 Å². The van der Waals surface area contributed by atoms with Gasteiger partial charge in [0.25, 0.3) is 12.0 Å². The highest BCUT2D eigenvalue weighted by molar-refractivity contribution is 6.33. The molecule has 1 aromatic carbocycles. The first-order chi connectivity index (χ1) is 15.0. The second-order valence-corrected chi connectivity index (χ2v) is 8.03. The van der Waals surface area contributed by atoms with Crippen molar-refractivity contribution in [2.24, 2.45) is 0 Å². The molecule has 1 unspecified atom stereocenters. The maximum Gasteiger partial charge on any atom is 0.290 e. The van der Waals surface area contributed by atoms with Crippen LogP contribution in [0.25, 0.3) is 0 Å². The molecule has 2 fully saturated rings. The maximum atomic E-state index is 13.2. The highest BCUT2D eigenvalue weighted by atomic mass is 35.5. The van der Waals surface area contributed by atoms with Crippen molar-refractivity contribution in [2.45, 2.75) is 38.5 Å². The molecular formula is C21H23ClF2N4O3. The fourth-order valence-corrected chi connectivity index (χ4v) is 4.21. The van der Waals surface area contributed by atoms with Gasteiger partial charge in [-0.3, -0.25) is 9.59 Å². The Morgan fingerprint density at radius 1 is 1.19 bits per heavy atom. The number of aromatic nitrogens is 2. The van der Waals surface area contributed by atoms with Crippen LogP contribution in [-0.2, 0) is 16.1 Å². The Morgan fingerprint density at radius 2 is 2.00 bits per heavy atom. The molecule has 166 valence electrons. The van der Waals surface area contributed by atoms with Gasteiger partial charge in [-0.05, 0) is 24.8 Å². The minimum Gasteiger partial charge on any atom is -0.358 e. The van der Waals surface area contributed by atoms with E-state index in [1.807, 2.05) is 0 Å². The first-order valence-electron chi connectivity index (χ1n) is 10.2. The maximum absolute atomic E-state index is 13.2. The van der Waals surface area contributed by atoms with Crippen LogP contribution in [0.2, 0.25) is 5.02 Å². The summed E-state index contributed by atoms with van der Waals surface area (Å²) >= 11 is 6.34. The summed E-state index contributed by atoms with van der Waals surface area (Å²) in [6.07, 6.45) is 1.05. The predicted octanol–water partition coefficient (Wildman–Crippen LogP) is 3.38. The van der Waals surface area contributed by atoms with E-state index in [0.717, 1.165) is 12.8 Å². The minimum absolute atomic E-state index is 0.00605. The van der Waals surface area contributed by atoms with E-state index < -0.39 is 18.2 Å².